The number of piperazine rings is 1. The number of rotatable bonds is 5. The standard InChI is InChI=1S/C17H28ClN3O/c1-12(2)22-17-6-5-14(9-15(17)18)16(10-19)21-8-7-20(4)13(3)11-21/h5-6,9,12-13,16H,7-8,10-11,19H2,1-4H3. The van der Waals surface area contributed by atoms with Crippen LogP contribution in [0.1, 0.15) is 32.4 Å². The Balaban J connectivity index is 2.15. The summed E-state index contributed by atoms with van der Waals surface area (Å²) in [6, 6.07) is 6.80. The van der Waals surface area contributed by atoms with E-state index in [2.05, 4.69) is 29.8 Å². The van der Waals surface area contributed by atoms with Gasteiger partial charge in [0.05, 0.1) is 11.1 Å². The van der Waals surface area contributed by atoms with E-state index in [-0.39, 0.29) is 12.1 Å². The summed E-state index contributed by atoms with van der Waals surface area (Å²) in [7, 11) is 2.17. The zero-order chi connectivity index (χ0) is 16.3. The van der Waals surface area contributed by atoms with Crippen LogP contribution in [0, 0.1) is 0 Å². The van der Waals surface area contributed by atoms with E-state index in [0.717, 1.165) is 25.4 Å². The third-order valence-electron chi connectivity index (χ3n) is 4.36. The molecule has 0 radical (unpaired) electrons. The van der Waals surface area contributed by atoms with Crippen LogP contribution in [0.5, 0.6) is 5.75 Å². The van der Waals surface area contributed by atoms with Crippen LogP contribution in [0.15, 0.2) is 18.2 Å². The van der Waals surface area contributed by atoms with E-state index in [1.165, 1.54) is 5.56 Å². The Bertz CT molecular complexity index is 495. The van der Waals surface area contributed by atoms with Crippen molar-refractivity contribution in [2.75, 3.05) is 33.2 Å². The molecule has 2 rings (SSSR count). The fraction of sp³-hybridized carbons (Fsp3) is 0.647. The maximum Gasteiger partial charge on any atom is 0.138 e. The molecular formula is C17H28ClN3O. The van der Waals surface area contributed by atoms with Crippen LogP contribution < -0.4 is 10.5 Å². The molecule has 0 aromatic heterocycles. The fourth-order valence-electron chi connectivity index (χ4n) is 2.93. The molecule has 5 heteroatoms. The fourth-order valence-corrected chi connectivity index (χ4v) is 3.16. The molecule has 0 bridgehead atoms. The van der Waals surface area contributed by atoms with Gasteiger partial charge in [-0.05, 0) is 45.5 Å². The van der Waals surface area contributed by atoms with E-state index in [9.17, 15) is 0 Å². The lowest BCUT2D eigenvalue weighted by Crippen LogP contribution is -2.52. The number of nitrogens with zero attached hydrogens (tertiary/aromatic N) is 2. The van der Waals surface area contributed by atoms with Crippen LogP contribution >= 0.6 is 11.6 Å². The molecule has 4 nitrogen and oxygen atoms in total. The van der Waals surface area contributed by atoms with Crippen molar-refractivity contribution in [2.45, 2.75) is 39.0 Å². The van der Waals surface area contributed by atoms with Crippen molar-refractivity contribution >= 4 is 11.6 Å². The minimum absolute atomic E-state index is 0.118. The second-order valence-electron chi connectivity index (χ2n) is 6.43. The van der Waals surface area contributed by atoms with Crippen molar-refractivity contribution in [3.05, 3.63) is 28.8 Å². The predicted octanol–water partition coefficient (Wildman–Crippen LogP) is 2.76. The molecule has 1 aliphatic rings. The minimum Gasteiger partial charge on any atom is -0.489 e. The van der Waals surface area contributed by atoms with Gasteiger partial charge < -0.3 is 15.4 Å². The largest absolute Gasteiger partial charge is 0.489 e. The first kappa shape index (κ1) is 17.5. The molecule has 2 unspecified atom stereocenters. The molecule has 2 atom stereocenters. The smallest absolute Gasteiger partial charge is 0.138 e. The number of hydrogen-bond donors (Lipinski definition) is 1. The monoisotopic (exact) mass is 325 g/mol. The summed E-state index contributed by atoms with van der Waals surface area (Å²) >= 11 is 6.37. The van der Waals surface area contributed by atoms with Gasteiger partial charge in [-0.15, -0.1) is 0 Å². The van der Waals surface area contributed by atoms with Gasteiger partial charge in [-0.2, -0.15) is 0 Å². The zero-order valence-electron chi connectivity index (χ0n) is 14.1. The van der Waals surface area contributed by atoms with E-state index in [1.54, 1.807) is 0 Å². The number of halogens is 1. The Kier molecular flexibility index (Phi) is 6.09. The number of nitrogens with two attached hydrogens (primary N) is 1. The molecule has 22 heavy (non-hydrogen) atoms. The first-order valence-electron chi connectivity index (χ1n) is 8.02. The van der Waals surface area contributed by atoms with E-state index < -0.39 is 0 Å². The van der Waals surface area contributed by atoms with Crippen molar-refractivity contribution in [1.82, 2.24) is 9.80 Å². The maximum atomic E-state index is 6.37. The van der Waals surface area contributed by atoms with Crippen LogP contribution in [0.25, 0.3) is 0 Å². The number of likely N-dealkylation sites (N-methyl/N-ethyl adjacent to an activating group) is 1. The van der Waals surface area contributed by atoms with Gasteiger partial charge in [-0.3, -0.25) is 4.90 Å². The quantitative estimate of drug-likeness (QED) is 0.904. The summed E-state index contributed by atoms with van der Waals surface area (Å²) in [5, 5.41) is 0.659. The molecule has 1 aromatic rings. The molecule has 1 aliphatic heterocycles. The summed E-state index contributed by atoms with van der Waals surface area (Å²) < 4.78 is 5.71. The van der Waals surface area contributed by atoms with Crippen LogP contribution in [-0.4, -0.2) is 55.2 Å². The van der Waals surface area contributed by atoms with Gasteiger partial charge in [0.2, 0.25) is 0 Å². The van der Waals surface area contributed by atoms with Gasteiger partial charge in [0.1, 0.15) is 5.75 Å². The van der Waals surface area contributed by atoms with Gasteiger partial charge in [0.15, 0.2) is 0 Å². The van der Waals surface area contributed by atoms with Crippen molar-refractivity contribution in [2.24, 2.45) is 5.73 Å². The average Bonchev–Trinajstić information content (AvgIpc) is 2.46. The van der Waals surface area contributed by atoms with Crippen molar-refractivity contribution in [3.63, 3.8) is 0 Å². The lowest BCUT2D eigenvalue weighted by Gasteiger charge is -2.41. The second kappa shape index (κ2) is 7.64. The highest BCUT2D eigenvalue weighted by Gasteiger charge is 2.27. The molecule has 0 saturated carbocycles. The summed E-state index contributed by atoms with van der Waals surface area (Å²) in [5.74, 6) is 0.739. The zero-order valence-corrected chi connectivity index (χ0v) is 14.8. The Morgan fingerprint density at radius 2 is 2.09 bits per heavy atom. The Hall–Kier alpha value is -0.810. The Morgan fingerprint density at radius 3 is 2.64 bits per heavy atom. The molecule has 1 fully saturated rings. The molecule has 1 aromatic carbocycles. The van der Waals surface area contributed by atoms with Crippen LogP contribution in [0.4, 0.5) is 0 Å². The summed E-state index contributed by atoms with van der Waals surface area (Å²) in [6.07, 6.45) is 0.118. The Labute approximate surface area is 139 Å². The molecular weight excluding hydrogens is 298 g/mol. The average molecular weight is 326 g/mol. The SMILES string of the molecule is CC(C)Oc1ccc(C(CN)N2CCN(C)C(C)C2)cc1Cl. The maximum absolute atomic E-state index is 6.37. The Morgan fingerprint density at radius 1 is 1.36 bits per heavy atom. The van der Waals surface area contributed by atoms with Gasteiger partial charge >= 0.3 is 0 Å². The highest BCUT2D eigenvalue weighted by atomic mass is 35.5. The molecule has 124 valence electrons. The van der Waals surface area contributed by atoms with Crippen LogP contribution in [-0.2, 0) is 0 Å². The summed E-state index contributed by atoms with van der Waals surface area (Å²) in [4.78, 5) is 4.84. The topological polar surface area (TPSA) is 41.7 Å². The molecule has 1 heterocycles. The third kappa shape index (κ3) is 4.13. The van der Waals surface area contributed by atoms with Gasteiger partial charge in [-0.25, -0.2) is 0 Å². The number of benzene rings is 1. The lowest BCUT2D eigenvalue weighted by atomic mass is 10.0. The van der Waals surface area contributed by atoms with Crippen LogP contribution in [0.2, 0.25) is 5.02 Å². The highest BCUT2D eigenvalue weighted by Crippen LogP contribution is 2.31. The van der Waals surface area contributed by atoms with Crippen molar-refractivity contribution < 1.29 is 4.74 Å². The van der Waals surface area contributed by atoms with Crippen LogP contribution in [0.3, 0.4) is 0 Å². The highest BCUT2D eigenvalue weighted by molar-refractivity contribution is 6.32. The summed E-state index contributed by atoms with van der Waals surface area (Å²) in [5.41, 5.74) is 7.22. The molecule has 0 amide bonds. The van der Waals surface area contributed by atoms with Gasteiger partial charge in [-0.1, -0.05) is 17.7 Å². The first-order valence-corrected chi connectivity index (χ1v) is 8.40. The first-order chi connectivity index (χ1) is 10.4. The van der Waals surface area contributed by atoms with E-state index >= 15 is 0 Å². The lowest BCUT2D eigenvalue weighted by molar-refractivity contribution is 0.0741. The molecule has 2 N–H and O–H groups in total. The van der Waals surface area contributed by atoms with E-state index in [1.807, 2.05) is 26.0 Å². The normalized spacial score (nSPS) is 22.0. The predicted molar refractivity (Wildman–Crippen MR) is 92.7 cm³/mol. The summed E-state index contributed by atoms with van der Waals surface area (Å²) in [6.45, 7) is 9.98. The van der Waals surface area contributed by atoms with E-state index in [4.69, 9.17) is 22.1 Å². The number of hydrogen-bond acceptors (Lipinski definition) is 4. The molecule has 0 aliphatic carbocycles. The van der Waals surface area contributed by atoms with Gasteiger partial charge in [0, 0.05) is 38.3 Å². The third-order valence-corrected chi connectivity index (χ3v) is 4.65. The van der Waals surface area contributed by atoms with Gasteiger partial charge in [0.25, 0.3) is 0 Å². The van der Waals surface area contributed by atoms with Crippen molar-refractivity contribution in [3.8, 4) is 5.75 Å². The van der Waals surface area contributed by atoms with E-state index in [0.29, 0.717) is 17.6 Å². The molecule has 1 saturated heterocycles. The number of ether oxygens (including phenoxy) is 1. The second-order valence-corrected chi connectivity index (χ2v) is 6.84. The molecule has 0 spiro atoms. The van der Waals surface area contributed by atoms with Crippen molar-refractivity contribution in [1.29, 1.82) is 0 Å². The minimum atomic E-state index is 0.118.